The molecule has 2 rings (SSSR count). The Kier molecular flexibility index (Phi) is 6.04. The van der Waals surface area contributed by atoms with Crippen LogP contribution in [0.4, 0.5) is 5.82 Å². The molecule has 1 atom stereocenters. The van der Waals surface area contributed by atoms with Crippen LogP contribution in [0.15, 0.2) is 12.3 Å². The molecule has 3 heteroatoms. The summed E-state index contributed by atoms with van der Waals surface area (Å²) in [5, 5.41) is 3.68. The summed E-state index contributed by atoms with van der Waals surface area (Å²) in [5.41, 5.74) is 8.69. The molecule has 0 aromatic carbocycles. The standard InChI is InChI=1S/C18H31N3/c1-4-6-14-7-9-15(10-8-14)17(20-5-2)16-13(3)11-12-21-18(16)19/h11-12,14-15,17,20H,4-10H2,1-3H3,(H2,19,21). The summed E-state index contributed by atoms with van der Waals surface area (Å²) in [6.45, 7) is 7.61. The summed E-state index contributed by atoms with van der Waals surface area (Å²) in [4.78, 5) is 4.32. The Labute approximate surface area is 129 Å². The topological polar surface area (TPSA) is 50.9 Å². The maximum Gasteiger partial charge on any atom is 0.128 e. The van der Waals surface area contributed by atoms with Crippen molar-refractivity contribution in [2.24, 2.45) is 11.8 Å². The van der Waals surface area contributed by atoms with Gasteiger partial charge in [-0.25, -0.2) is 4.98 Å². The van der Waals surface area contributed by atoms with Crippen molar-refractivity contribution in [2.75, 3.05) is 12.3 Å². The highest BCUT2D eigenvalue weighted by Crippen LogP contribution is 2.40. The van der Waals surface area contributed by atoms with Crippen molar-refractivity contribution in [1.29, 1.82) is 0 Å². The summed E-state index contributed by atoms with van der Waals surface area (Å²) in [6, 6.07) is 2.45. The minimum Gasteiger partial charge on any atom is -0.383 e. The molecule has 118 valence electrons. The molecule has 3 N–H and O–H groups in total. The third kappa shape index (κ3) is 3.97. The van der Waals surface area contributed by atoms with E-state index in [0.717, 1.165) is 12.5 Å². The van der Waals surface area contributed by atoms with Gasteiger partial charge in [0, 0.05) is 17.8 Å². The lowest BCUT2D eigenvalue weighted by molar-refractivity contribution is 0.215. The Bertz CT molecular complexity index is 416. The van der Waals surface area contributed by atoms with Gasteiger partial charge in [0.1, 0.15) is 5.82 Å². The highest BCUT2D eigenvalue weighted by Gasteiger charge is 2.30. The summed E-state index contributed by atoms with van der Waals surface area (Å²) in [5.74, 6) is 2.35. The molecule has 1 aromatic rings. The SMILES string of the molecule is CCCC1CCC(C(NCC)c2c(C)ccnc2N)CC1. The Morgan fingerprint density at radius 3 is 2.57 bits per heavy atom. The van der Waals surface area contributed by atoms with E-state index in [0.29, 0.717) is 17.8 Å². The molecule has 0 aliphatic heterocycles. The lowest BCUT2D eigenvalue weighted by Gasteiger charge is -2.35. The quantitative estimate of drug-likeness (QED) is 0.824. The van der Waals surface area contributed by atoms with Crippen LogP contribution in [0.5, 0.6) is 0 Å². The van der Waals surface area contributed by atoms with Crippen molar-refractivity contribution in [2.45, 2.75) is 65.3 Å². The number of nitrogens with two attached hydrogens (primary N) is 1. The van der Waals surface area contributed by atoms with Crippen molar-refractivity contribution >= 4 is 5.82 Å². The maximum absolute atomic E-state index is 6.18. The van der Waals surface area contributed by atoms with Crippen molar-refractivity contribution in [3.63, 3.8) is 0 Å². The van der Waals surface area contributed by atoms with Gasteiger partial charge in [-0.3, -0.25) is 0 Å². The number of pyridine rings is 1. The number of hydrogen-bond acceptors (Lipinski definition) is 3. The van der Waals surface area contributed by atoms with Crippen molar-refractivity contribution in [3.8, 4) is 0 Å². The molecule has 1 fully saturated rings. The second kappa shape index (κ2) is 7.79. The molecule has 0 saturated heterocycles. The zero-order chi connectivity index (χ0) is 15.2. The lowest BCUT2D eigenvalue weighted by Crippen LogP contribution is -2.32. The van der Waals surface area contributed by atoms with Crippen molar-refractivity contribution < 1.29 is 0 Å². The monoisotopic (exact) mass is 289 g/mol. The molecule has 1 heterocycles. The van der Waals surface area contributed by atoms with E-state index < -0.39 is 0 Å². The van der Waals surface area contributed by atoms with Crippen LogP contribution in [0.2, 0.25) is 0 Å². The van der Waals surface area contributed by atoms with Crippen LogP contribution >= 0.6 is 0 Å². The lowest BCUT2D eigenvalue weighted by atomic mass is 9.75. The number of rotatable bonds is 6. The van der Waals surface area contributed by atoms with Gasteiger partial charge in [0.2, 0.25) is 0 Å². The zero-order valence-corrected chi connectivity index (χ0v) is 13.9. The van der Waals surface area contributed by atoms with Crippen LogP contribution in [0.25, 0.3) is 0 Å². The number of aromatic nitrogens is 1. The van der Waals surface area contributed by atoms with E-state index in [9.17, 15) is 0 Å². The fourth-order valence-corrected chi connectivity index (χ4v) is 3.94. The van der Waals surface area contributed by atoms with Crippen LogP contribution in [-0.2, 0) is 0 Å². The van der Waals surface area contributed by atoms with Gasteiger partial charge in [-0.15, -0.1) is 0 Å². The van der Waals surface area contributed by atoms with Crippen molar-refractivity contribution in [1.82, 2.24) is 10.3 Å². The Hall–Kier alpha value is -1.09. The summed E-state index contributed by atoms with van der Waals surface area (Å²) in [7, 11) is 0. The molecule has 1 aromatic heterocycles. The van der Waals surface area contributed by atoms with Crippen LogP contribution in [0.3, 0.4) is 0 Å². The van der Waals surface area contributed by atoms with E-state index in [-0.39, 0.29) is 0 Å². The second-order valence-corrected chi connectivity index (χ2v) is 6.53. The summed E-state index contributed by atoms with van der Waals surface area (Å²) in [6.07, 6.45) is 9.91. The predicted molar refractivity (Wildman–Crippen MR) is 90.2 cm³/mol. The van der Waals surface area contributed by atoms with Gasteiger partial charge in [0.25, 0.3) is 0 Å². The third-order valence-corrected chi connectivity index (χ3v) is 5.03. The second-order valence-electron chi connectivity index (χ2n) is 6.53. The molecule has 1 aliphatic rings. The number of hydrogen-bond donors (Lipinski definition) is 2. The molecule has 0 spiro atoms. The molecule has 0 amide bonds. The van der Waals surface area contributed by atoms with Gasteiger partial charge < -0.3 is 11.1 Å². The first-order valence-electron chi connectivity index (χ1n) is 8.61. The smallest absolute Gasteiger partial charge is 0.128 e. The Balaban J connectivity index is 2.13. The van der Waals surface area contributed by atoms with Crippen LogP contribution < -0.4 is 11.1 Å². The maximum atomic E-state index is 6.18. The van der Waals surface area contributed by atoms with Gasteiger partial charge in [-0.2, -0.15) is 0 Å². The minimum absolute atomic E-state index is 0.367. The van der Waals surface area contributed by atoms with Gasteiger partial charge in [-0.1, -0.05) is 39.5 Å². The molecule has 0 bridgehead atoms. The number of nitrogen functional groups attached to an aromatic ring is 1. The van der Waals surface area contributed by atoms with Gasteiger partial charge >= 0.3 is 0 Å². The highest BCUT2D eigenvalue weighted by atomic mass is 14.9. The molecular weight excluding hydrogens is 258 g/mol. The van der Waals surface area contributed by atoms with E-state index in [4.69, 9.17) is 5.73 Å². The Morgan fingerprint density at radius 1 is 1.29 bits per heavy atom. The first kappa shape index (κ1) is 16.3. The number of nitrogens with one attached hydrogen (secondary N) is 1. The molecule has 0 radical (unpaired) electrons. The van der Waals surface area contributed by atoms with Gasteiger partial charge in [0.05, 0.1) is 0 Å². The van der Waals surface area contributed by atoms with E-state index >= 15 is 0 Å². The third-order valence-electron chi connectivity index (χ3n) is 5.03. The molecule has 3 nitrogen and oxygen atoms in total. The normalized spacial score (nSPS) is 24.0. The molecule has 1 unspecified atom stereocenters. The number of nitrogens with zero attached hydrogens (tertiary/aromatic N) is 1. The first-order valence-corrected chi connectivity index (χ1v) is 8.61. The molecule has 21 heavy (non-hydrogen) atoms. The fourth-order valence-electron chi connectivity index (χ4n) is 3.94. The fraction of sp³-hybridized carbons (Fsp3) is 0.722. The van der Waals surface area contributed by atoms with E-state index in [1.54, 1.807) is 0 Å². The van der Waals surface area contributed by atoms with Crippen LogP contribution in [0.1, 0.15) is 69.5 Å². The molecule has 1 saturated carbocycles. The summed E-state index contributed by atoms with van der Waals surface area (Å²) >= 11 is 0. The molecule has 1 aliphatic carbocycles. The van der Waals surface area contributed by atoms with E-state index in [1.807, 2.05) is 6.20 Å². The highest BCUT2D eigenvalue weighted by molar-refractivity contribution is 5.46. The van der Waals surface area contributed by atoms with Gasteiger partial charge in [-0.05, 0) is 49.8 Å². The summed E-state index contributed by atoms with van der Waals surface area (Å²) < 4.78 is 0. The van der Waals surface area contributed by atoms with E-state index in [2.05, 4.69) is 37.1 Å². The number of anilines is 1. The first-order chi connectivity index (χ1) is 10.2. The zero-order valence-electron chi connectivity index (χ0n) is 13.9. The largest absolute Gasteiger partial charge is 0.383 e. The van der Waals surface area contributed by atoms with E-state index in [1.165, 1.54) is 49.7 Å². The minimum atomic E-state index is 0.367. The average Bonchev–Trinajstić information content (AvgIpc) is 2.47. The average molecular weight is 289 g/mol. The Morgan fingerprint density at radius 2 is 2.00 bits per heavy atom. The van der Waals surface area contributed by atoms with Crippen molar-refractivity contribution in [3.05, 3.63) is 23.4 Å². The number of aryl methyl sites for hydroxylation is 1. The van der Waals surface area contributed by atoms with Gasteiger partial charge in [0.15, 0.2) is 0 Å². The van der Waals surface area contributed by atoms with Crippen LogP contribution in [-0.4, -0.2) is 11.5 Å². The van der Waals surface area contributed by atoms with Crippen LogP contribution in [0, 0.1) is 18.8 Å². The predicted octanol–water partition coefficient (Wildman–Crippen LogP) is 4.23. The molecular formula is C18H31N3.